The molecule has 0 N–H and O–H groups in total. The van der Waals surface area contributed by atoms with Crippen LogP contribution in [-0.2, 0) is 13.5 Å². The number of hydrogen-bond acceptors (Lipinski definition) is 3. The van der Waals surface area contributed by atoms with Crippen LogP contribution in [0.2, 0.25) is 0 Å². The van der Waals surface area contributed by atoms with Crippen molar-refractivity contribution >= 4 is 5.78 Å². The minimum atomic E-state index is 0.0366. The van der Waals surface area contributed by atoms with E-state index in [1.807, 2.05) is 24.3 Å². The van der Waals surface area contributed by atoms with Gasteiger partial charge in [-0.15, -0.1) is 0 Å². The van der Waals surface area contributed by atoms with Gasteiger partial charge in [-0.1, -0.05) is 18.2 Å². The van der Waals surface area contributed by atoms with Crippen molar-refractivity contribution in [2.24, 2.45) is 7.05 Å². The summed E-state index contributed by atoms with van der Waals surface area (Å²) in [6.45, 7) is 0. The smallest absolute Gasteiger partial charge is 0.185 e. The maximum atomic E-state index is 12.0. The number of aryl methyl sites for hydroxylation is 1. The minimum Gasteiger partial charge on any atom is -0.496 e. The van der Waals surface area contributed by atoms with Crippen LogP contribution >= 0.6 is 0 Å². The summed E-state index contributed by atoms with van der Waals surface area (Å²) in [4.78, 5) is 12.0. The molecule has 0 spiro atoms. The average molecular weight is 230 g/mol. The van der Waals surface area contributed by atoms with Gasteiger partial charge >= 0.3 is 0 Å². The number of benzene rings is 1. The summed E-state index contributed by atoms with van der Waals surface area (Å²) in [6.07, 6.45) is 1.94. The normalized spacial score (nSPS) is 10.2. The third kappa shape index (κ3) is 2.36. The molecule has 0 fully saturated rings. The number of methoxy groups -OCH3 is 1. The number of nitrogens with zero attached hydrogens (tertiary/aromatic N) is 2. The van der Waals surface area contributed by atoms with E-state index >= 15 is 0 Å². The zero-order valence-corrected chi connectivity index (χ0v) is 9.88. The van der Waals surface area contributed by atoms with E-state index in [4.69, 9.17) is 4.74 Å². The Kier molecular flexibility index (Phi) is 3.23. The first-order valence-electron chi connectivity index (χ1n) is 5.35. The summed E-state index contributed by atoms with van der Waals surface area (Å²) in [5, 5.41) is 3.99. The molecule has 0 saturated carbocycles. The molecule has 0 radical (unpaired) electrons. The second-order valence-corrected chi connectivity index (χ2v) is 3.75. The monoisotopic (exact) mass is 230 g/mol. The molecule has 2 rings (SSSR count). The highest BCUT2D eigenvalue weighted by molar-refractivity contribution is 5.96. The third-order valence-electron chi connectivity index (χ3n) is 2.65. The second-order valence-electron chi connectivity index (χ2n) is 3.75. The first kappa shape index (κ1) is 11.4. The lowest BCUT2D eigenvalue weighted by Gasteiger charge is -2.07. The number of rotatable bonds is 4. The molecule has 1 heterocycles. The molecule has 4 heteroatoms. The zero-order chi connectivity index (χ0) is 12.3. The molecule has 1 aromatic heterocycles. The van der Waals surface area contributed by atoms with Crippen LogP contribution in [0.25, 0.3) is 0 Å². The van der Waals surface area contributed by atoms with Crippen LogP contribution in [0.5, 0.6) is 5.75 Å². The molecular weight excluding hydrogens is 216 g/mol. The highest BCUT2D eigenvalue weighted by atomic mass is 16.5. The van der Waals surface area contributed by atoms with Gasteiger partial charge in [-0.05, 0) is 12.1 Å². The van der Waals surface area contributed by atoms with E-state index < -0.39 is 0 Å². The van der Waals surface area contributed by atoms with Crippen molar-refractivity contribution in [3.63, 3.8) is 0 Å². The first-order valence-corrected chi connectivity index (χ1v) is 5.35. The summed E-state index contributed by atoms with van der Waals surface area (Å²) in [5.41, 5.74) is 1.50. The highest BCUT2D eigenvalue weighted by Gasteiger charge is 2.13. The van der Waals surface area contributed by atoms with Gasteiger partial charge in [0.15, 0.2) is 5.78 Å². The molecule has 17 heavy (non-hydrogen) atoms. The summed E-state index contributed by atoms with van der Waals surface area (Å²) >= 11 is 0. The number of para-hydroxylation sites is 1. The van der Waals surface area contributed by atoms with Crippen LogP contribution in [0.3, 0.4) is 0 Å². The van der Waals surface area contributed by atoms with Gasteiger partial charge in [-0.25, -0.2) is 0 Å². The highest BCUT2D eigenvalue weighted by Crippen LogP contribution is 2.19. The van der Waals surface area contributed by atoms with E-state index in [0.717, 1.165) is 11.3 Å². The van der Waals surface area contributed by atoms with Crippen LogP contribution < -0.4 is 4.74 Å². The van der Waals surface area contributed by atoms with Crippen molar-refractivity contribution in [2.45, 2.75) is 6.42 Å². The molecule has 0 unspecified atom stereocenters. The fourth-order valence-electron chi connectivity index (χ4n) is 1.76. The second kappa shape index (κ2) is 4.82. The van der Waals surface area contributed by atoms with Gasteiger partial charge < -0.3 is 4.74 Å². The van der Waals surface area contributed by atoms with Crippen molar-refractivity contribution < 1.29 is 9.53 Å². The van der Waals surface area contributed by atoms with Crippen LogP contribution in [0.4, 0.5) is 0 Å². The maximum absolute atomic E-state index is 12.0. The number of carbonyl (C=O) groups is 1. The van der Waals surface area contributed by atoms with E-state index in [2.05, 4.69) is 5.10 Å². The molecule has 4 nitrogen and oxygen atoms in total. The Hall–Kier alpha value is -2.10. The van der Waals surface area contributed by atoms with Crippen molar-refractivity contribution in [3.8, 4) is 5.75 Å². The predicted octanol–water partition coefficient (Wildman–Crippen LogP) is 1.85. The van der Waals surface area contributed by atoms with E-state index in [1.54, 1.807) is 31.1 Å². The molecule has 0 saturated heterocycles. The van der Waals surface area contributed by atoms with Gasteiger partial charge in [0.1, 0.15) is 11.4 Å². The Labute approximate surface area is 99.8 Å². The Morgan fingerprint density at radius 2 is 2.12 bits per heavy atom. The number of hydrogen-bond donors (Lipinski definition) is 0. The molecule has 0 aliphatic heterocycles. The molecule has 2 aromatic rings. The fourth-order valence-corrected chi connectivity index (χ4v) is 1.76. The van der Waals surface area contributed by atoms with Gasteiger partial charge in [0, 0.05) is 25.2 Å². The van der Waals surface area contributed by atoms with E-state index in [-0.39, 0.29) is 5.78 Å². The van der Waals surface area contributed by atoms with Gasteiger partial charge in [-0.3, -0.25) is 9.48 Å². The fraction of sp³-hybridized carbons (Fsp3) is 0.231. The number of aromatic nitrogens is 2. The number of Topliss-reactive ketones (excluding diaryl/α,β-unsaturated/α-hetero) is 1. The largest absolute Gasteiger partial charge is 0.496 e. The molecule has 0 bridgehead atoms. The van der Waals surface area contributed by atoms with E-state index in [0.29, 0.717) is 12.1 Å². The minimum absolute atomic E-state index is 0.0366. The van der Waals surface area contributed by atoms with Gasteiger partial charge in [0.25, 0.3) is 0 Å². The summed E-state index contributed by atoms with van der Waals surface area (Å²) in [7, 11) is 3.36. The molecule has 0 amide bonds. The Bertz CT molecular complexity index is 532. The van der Waals surface area contributed by atoms with E-state index in [9.17, 15) is 4.79 Å². The van der Waals surface area contributed by atoms with Crippen LogP contribution in [0.1, 0.15) is 16.1 Å². The molecular formula is C13H14N2O2. The summed E-state index contributed by atoms with van der Waals surface area (Å²) in [6, 6.07) is 9.25. The lowest BCUT2D eigenvalue weighted by molar-refractivity contribution is 0.0983. The van der Waals surface area contributed by atoms with Gasteiger partial charge in [-0.2, -0.15) is 5.10 Å². The van der Waals surface area contributed by atoms with Crippen LogP contribution in [0.15, 0.2) is 36.5 Å². The van der Waals surface area contributed by atoms with Crippen LogP contribution in [0, 0.1) is 0 Å². The van der Waals surface area contributed by atoms with Gasteiger partial charge in [0.05, 0.1) is 7.11 Å². The number of ketones is 1. The quantitative estimate of drug-likeness (QED) is 0.753. The van der Waals surface area contributed by atoms with Gasteiger partial charge in [0.2, 0.25) is 0 Å². The Morgan fingerprint density at radius 3 is 2.76 bits per heavy atom. The summed E-state index contributed by atoms with van der Waals surface area (Å²) in [5.74, 6) is 0.775. The Balaban J connectivity index is 2.22. The summed E-state index contributed by atoms with van der Waals surface area (Å²) < 4.78 is 6.80. The molecule has 1 aromatic carbocycles. The van der Waals surface area contributed by atoms with E-state index in [1.165, 1.54) is 0 Å². The first-order chi connectivity index (χ1) is 8.22. The number of ether oxygens (including phenoxy) is 1. The number of carbonyl (C=O) groups excluding carboxylic acids is 1. The molecule has 0 aliphatic carbocycles. The maximum Gasteiger partial charge on any atom is 0.185 e. The standard InChI is InChI=1S/C13H14N2O2/c1-15-11(7-8-14-15)12(16)9-10-5-3-4-6-13(10)17-2/h3-8H,9H2,1-2H3. The zero-order valence-electron chi connectivity index (χ0n) is 9.88. The van der Waals surface area contributed by atoms with Crippen molar-refractivity contribution in [3.05, 3.63) is 47.8 Å². The van der Waals surface area contributed by atoms with Crippen LogP contribution in [-0.4, -0.2) is 22.7 Å². The SMILES string of the molecule is COc1ccccc1CC(=O)c1ccnn1C. The third-order valence-corrected chi connectivity index (χ3v) is 2.65. The lowest BCUT2D eigenvalue weighted by Crippen LogP contribution is -2.10. The molecule has 0 aliphatic rings. The topological polar surface area (TPSA) is 44.1 Å². The molecule has 88 valence electrons. The Morgan fingerprint density at radius 1 is 1.35 bits per heavy atom. The molecule has 0 atom stereocenters. The van der Waals surface area contributed by atoms with Crippen molar-refractivity contribution in [1.29, 1.82) is 0 Å². The van der Waals surface area contributed by atoms with Crippen molar-refractivity contribution in [1.82, 2.24) is 9.78 Å². The average Bonchev–Trinajstić information content (AvgIpc) is 2.76. The lowest BCUT2D eigenvalue weighted by atomic mass is 10.1. The van der Waals surface area contributed by atoms with Crippen molar-refractivity contribution in [2.75, 3.05) is 7.11 Å². The predicted molar refractivity (Wildman–Crippen MR) is 64.2 cm³/mol.